The van der Waals surface area contributed by atoms with E-state index < -0.39 is 0 Å². The first-order valence-corrected chi connectivity index (χ1v) is 7.81. The van der Waals surface area contributed by atoms with Gasteiger partial charge in [0.1, 0.15) is 0 Å². The molecule has 1 N–H and O–H groups in total. The molecule has 0 aliphatic carbocycles. The fourth-order valence-electron chi connectivity index (χ4n) is 2.58. The molecule has 0 bridgehead atoms. The SMILES string of the molecule is CCCNC(c1cc(C)cc(C)c1)c1c(Br)cnn1C. The van der Waals surface area contributed by atoms with Crippen LogP contribution in [0.1, 0.15) is 41.8 Å². The van der Waals surface area contributed by atoms with Crippen molar-refractivity contribution in [1.82, 2.24) is 15.1 Å². The molecule has 0 saturated carbocycles. The number of halogens is 1. The van der Waals surface area contributed by atoms with Crippen LogP contribution in [0.15, 0.2) is 28.9 Å². The Hall–Kier alpha value is -1.13. The van der Waals surface area contributed by atoms with Gasteiger partial charge in [0.25, 0.3) is 0 Å². The molecule has 1 aromatic heterocycles. The molecule has 2 aromatic rings. The van der Waals surface area contributed by atoms with E-state index in [1.807, 2.05) is 17.9 Å². The van der Waals surface area contributed by atoms with Gasteiger partial charge in [-0.2, -0.15) is 5.10 Å². The zero-order chi connectivity index (χ0) is 14.7. The predicted octanol–water partition coefficient (Wildman–Crippen LogP) is 3.89. The van der Waals surface area contributed by atoms with E-state index in [2.05, 4.69) is 65.3 Å². The number of hydrogen-bond donors (Lipinski definition) is 1. The lowest BCUT2D eigenvalue weighted by molar-refractivity contribution is 0.551. The molecular weight excluding hydrogens is 314 g/mol. The van der Waals surface area contributed by atoms with Crippen molar-refractivity contribution in [2.24, 2.45) is 7.05 Å². The van der Waals surface area contributed by atoms with Gasteiger partial charge in [0.15, 0.2) is 0 Å². The van der Waals surface area contributed by atoms with E-state index in [9.17, 15) is 0 Å². The first-order chi connectivity index (χ1) is 9.52. The van der Waals surface area contributed by atoms with E-state index in [1.54, 1.807) is 0 Å². The fraction of sp³-hybridized carbons (Fsp3) is 0.438. The van der Waals surface area contributed by atoms with Crippen LogP contribution in [-0.4, -0.2) is 16.3 Å². The molecule has 3 nitrogen and oxygen atoms in total. The number of nitrogens with zero attached hydrogens (tertiary/aromatic N) is 2. The van der Waals surface area contributed by atoms with Crippen LogP contribution >= 0.6 is 15.9 Å². The summed E-state index contributed by atoms with van der Waals surface area (Å²) in [5, 5.41) is 7.98. The standard InChI is InChI=1S/C16H22BrN3/c1-5-6-18-15(16-14(17)10-19-20(16)4)13-8-11(2)7-12(3)9-13/h7-10,15,18H,5-6H2,1-4H3. The average molecular weight is 336 g/mol. The maximum atomic E-state index is 4.35. The molecule has 0 amide bonds. The molecule has 108 valence electrons. The lowest BCUT2D eigenvalue weighted by atomic mass is 9.99. The number of aromatic nitrogens is 2. The van der Waals surface area contributed by atoms with Gasteiger partial charge < -0.3 is 5.32 Å². The van der Waals surface area contributed by atoms with Crippen molar-refractivity contribution in [3.63, 3.8) is 0 Å². The van der Waals surface area contributed by atoms with E-state index in [0.29, 0.717) is 0 Å². The lowest BCUT2D eigenvalue weighted by Gasteiger charge is -2.21. The molecule has 0 radical (unpaired) electrons. The van der Waals surface area contributed by atoms with Gasteiger partial charge in [-0.15, -0.1) is 0 Å². The van der Waals surface area contributed by atoms with Crippen LogP contribution in [0.2, 0.25) is 0 Å². The molecule has 2 rings (SSSR count). The minimum atomic E-state index is 0.162. The molecule has 0 aliphatic rings. The van der Waals surface area contributed by atoms with E-state index in [4.69, 9.17) is 0 Å². The molecule has 0 fully saturated rings. The average Bonchev–Trinajstić information content (AvgIpc) is 2.70. The molecular formula is C16H22BrN3. The Morgan fingerprint density at radius 2 is 1.90 bits per heavy atom. The largest absolute Gasteiger partial charge is 0.305 e. The number of benzene rings is 1. The highest BCUT2D eigenvalue weighted by atomic mass is 79.9. The second kappa shape index (κ2) is 6.55. The summed E-state index contributed by atoms with van der Waals surface area (Å²) >= 11 is 3.62. The lowest BCUT2D eigenvalue weighted by Crippen LogP contribution is -2.25. The van der Waals surface area contributed by atoms with Crippen molar-refractivity contribution in [1.29, 1.82) is 0 Å². The van der Waals surface area contributed by atoms with Gasteiger partial charge in [-0.25, -0.2) is 0 Å². The van der Waals surface area contributed by atoms with Crippen molar-refractivity contribution in [2.45, 2.75) is 33.2 Å². The Morgan fingerprint density at radius 1 is 1.25 bits per heavy atom. The summed E-state index contributed by atoms with van der Waals surface area (Å²) in [5.41, 5.74) is 5.05. The van der Waals surface area contributed by atoms with Gasteiger partial charge >= 0.3 is 0 Å². The van der Waals surface area contributed by atoms with Gasteiger partial charge in [0, 0.05) is 7.05 Å². The minimum Gasteiger partial charge on any atom is -0.305 e. The van der Waals surface area contributed by atoms with Crippen LogP contribution in [0.5, 0.6) is 0 Å². The maximum Gasteiger partial charge on any atom is 0.0759 e. The Labute approximate surface area is 129 Å². The molecule has 1 aromatic carbocycles. The normalized spacial score (nSPS) is 12.7. The second-order valence-electron chi connectivity index (χ2n) is 5.31. The van der Waals surface area contributed by atoms with Crippen molar-refractivity contribution in [2.75, 3.05) is 6.54 Å². The van der Waals surface area contributed by atoms with Crippen LogP contribution in [0.25, 0.3) is 0 Å². The summed E-state index contributed by atoms with van der Waals surface area (Å²) in [6.07, 6.45) is 2.97. The van der Waals surface area contributed by atoms with Crippen molar-refractivity contribution in [3.05, 3.63) is 51.3 Å². The molecule has 1 atom stereocenters. The first-order valence-electron chi connectivity index (χ1n) is 7.02. The molecule has 4 heteroatoms. The fourth-order valence-corrected chi connectivity index (χ4v) is 3.16. The maximum absolute atomic E-state index is 4.35. The number of aryl methyl sites for hydroxylation is 3. The third-order valence-electron chi connectivity index (χ3n) is 3.39. The smallest absolute Gasteiger partial charge is 0.0759 e. The minimum absolute atomic E-state index is 0.162. The summed E-state index contributed by atoms with van der Waals surface area (Å²) in [6.45, 7) is 7.45. The molecule has 1 unspecified atom stereocenters. The van der Waals surface area contributed by atoms with Crippen LogP contribution in [0.3, 0.4) is 0 Å². The van der Waals surface area contributed by atoms with Gasteiger partial charge in [0.05, 0.1) is 22.4 Å². The first kappa shape index (κ1) is 15.3. The van der Waals surface area contributed by atoms with E-state index >= 15 is 0 Å². The highest BCUT2D eigenvalue weighted by Gasteiger charge is 2.20. The molecule has 1 heterocycles. The quantitative estimate of drug-likeness (QED) is 0.898. The number of rotatable bonds is 5. The van der Waals surface area contributed by atoms with Gasteiger partial charge in [-0.05, 0) is 48.3 Å². The number of hydrogen-bond acceptors (Lipinski definition) is 2. The molecule has 0 saturated heterocycles. The van der Waals surface area contributed by atoms with E-state index in [-0.39, 0.29) is 6.04 Å². The third-order valence-corrected chi connectivity index (χ3v) is 4.00. The van der Waals surface area contributed by atoms with Crippen molar-refractivity contribution >= 4 is 15.9 Å². The summed E-state index contributed by atoms with van der Waals surface area (Å²) in [4.78, 5) is 0. The van der Waals surface area contributed by atoms with Crippen LogP contribution < -0.4 is 5.32 Å². The van der Waals surface area contributed by atoms with Crippen LogP contribution in [0.4, 0.5) is 0 Å². The van der Waals surface area contributed by atoms with Crippen molar-refractivity contribution < 1.29 is 0 Å². The Balaban J connectivity index is 2.47. The summed E-state index contributed by atoms with van der Waals surface area (Å²) < 4.78 is 2.99. The predicted molar refractivity (Wildman–Crippen MR) is 87.0 cm³/mol. The van der Waals surface area contributed by atoms with E-state index in [1.165, 1.54) is 22.4 Å². The van der Waals surface area contributed by atoms with E-state index in [0.717, 1.165) is 17.4 Å². The molecule has 0 spiro atoms. The van der Waals surface area contributed by atoms with Gasteiger partial charge in [-0.1, -0.05) is 36.2 Å². The van der Waals surface area contributed by atoms with Crippen molar-refractivity contribution in [3.8, 4) is 0 Å². The highest BCUT2D eigenvalue weighted by Crippen LogP contribution is 2.29. The summed E-state index contributed by atoms with van der Waals surface area (Å²) in [7, 11) is 1.99. The summed E-state index contributed by atoms with van der Waals surface area (Å²) in [6, 6.07) is 6.87. The third kappa shape index (κ3) is 3.30. The van der Waals surface area contributed by atoms with Crippen LogP contribution in [0, 0.1) is 13.8 Å². The number of nitrogens with one attached hydrogen (secondary N) is 1. The Morgan fingerprint density at radius 3 is 2.40 bits per heavy atom. The second-order valence-corrected chi connectivity index (χ2v) is 6.16. The zero-order valence-electron chi connectivity index (χ0n) is 12.6. The van der Waals surface area contributed by atoms with Gasteiger partial charge in [0.2, 0.25) is 0 Å². The molecule has 0 aliphatic heterocycles. The Bertz CT molecular complexity index is 550. The Kier molecular flexibility index (Phi) is 5.00. The molecule has 20 heavy (non-hydrogen) atoms. The highest BCUT2D eigenvalue weighted by molar-refractivity contribution is 9.10. The zero-order valence-corrected chi connectivity index (χ0v) is 14.2. The van der Waals surface area contributed by atoms with Crippen LogP contribution in [-0.2, 0) is 7.05 Å². The van der Waals surface area contributed by atoms with Gasteiger partial charge in [-0.3, -0.25) is 4.68 Å². The topological polar surface area (TPSA) is 29.9 Å². The monoisotopic (exact) mass is 335 g/mol. The summed E-state index contributed by atoms with van der Waals surface area (Å²) in [5.74, 6) is 0.